The van der Waals surface area contributed by atoms with E-state index in [1.807, 2.05) is 37.9 Å². The Morgan fingerprint density at radius 1 is 1.22 bits per heavy atom. The molecule has 3 heterocycles. The lowest BCUT2D eigenvalue weighted by molar-refractivity contribution is 0.0204. The zero-order valence-corrected chi connectivity index (χ0v) is 17.5. The van der Waals surface area contributed by atoms with Gasteiger partial charge in [-0.25, -0.2) is 9.78 Å². The van der Waals surface area contributed by atoms with Gasteiger partial charge in [0.05, 0.1) is 0 Å². The number of amides is 1. The van der Waals surface area contributed by atoms with E-state index in [1.54, 1.807) is 0 Å². The number of hydrogen-bond acceptors (Lipinski definition) is 3. The summed E-state index contributed by atoms with van der Waals surface area (Å²) in [5.74, 6) is 0.403. The van der Waals surface area contributed by atoms with Crippen LogP contribution in [-0.2, 0) is 4.74 Å². The zero-order chi connectivity index (χ0) is 19.2. The van der Waals surface area contributed by atoms with Crippen molar-refractivity contribution < 1.29 is 9.53 Å². The SMILES string of the molecule is CC(C)(C)OC(=O)N1CCC(c2cc3c(ncc4ccc(Br)cc43)[nH]2)CC1. The molecule has 1 aliphatic heterocycles. The van der Waals surface area contributed by atoms with E-state index in [9.17, 15) is 4.79 Å². The highest BCUT2D eigenvalue weighted by Gasteiger charge is 2.28. The van der Waals surface area contributed by atoms with Crippen molar-refractivity contribution in [3.63, 3.8) is 0 Å². The van der Waals surface area contributed by atoms with Gasteiger partial charge in [0.1, 0.15) is 11.2 Å². The number of likely N-dealkylation sites (tertiary alicyclic amines) is 1. The van der Waals surface area contributed by atoms with Gasteiger partial charge in [-0.05, 0) is 57.2 Å². The number of rotatable bonds is 1. The Morgan fingerprint density at radius 2 is 1.96 bits per heavy atom. The fraction of sp³-hybridized carbons (Fsp3) is 0.429. The van der Waals surface area contributed by atoms with Crippen molar-refractivity contribution in [1.29, 1.82) is 0 Å². The fourth-order valence-corrected chi connectivity index (χ4v) is 4.06. The molecular formula is C21H24BrN3O2. The first-order valence-electron chi connectivity index (χ1n) is 9.35. The molecule has 27 heavy (non-hydrogen) atoms. The van der Waals surface area contributed by atoms with Gasteiger partial charge in [-0.15, -0.1) is 0 Å². The molecule has 0 aliphatic carbocycles. The van der Waals surface area contributed by atoms with Crippen LogP contribution < -0.4 is 0 Å². The molecule has 1 fully saturated rings. The molecule has 0 saturated carbocycles. The first-order chi connectivity index (χ1) is 12.8. The molecule has 3 aromatic rings. The predicted molar refractivity (Wildman–Crippen MR) is 111 cm³/mol. The topological polar surface area (TPSA) is 58.2 Å². The molecular weight excluding hydrogens is 406 g/mol. The Balaban J connectivity index is 1.53. The molecule has 0 unspecified atom stereocenters. The van der Waals surface area contributed by atoms with Gasteiger partial charge in [0.25, 0.3) is 0 Å². The van der Waals surface area contributed by atoms with Gasteiger partial charge in [-0.3, -0.25) is 0 Å². The largest absolute Gasteiger partial charge is 0.444 e. The number of ether oxygens (including phenoxy) is 1. The minimum absolute atomic E-state index is 0.213. The van der Waals surface area contributed by atoms with Crippen molar-refractivity contribution in [3.8, 4) is 0 Å². The maximum Gasteiger partial charge on any atom is 0.410 e. The maximum atomic E-state index is 12.3. The minimum Gasteiger partial charge on any atom is -0.444 e. The normalized spacial score (nSPS) is 16.2. The fourth-order valence-electron chi connectivity index (χ4n) is 3.70. The van der Waals surface area contributed by atoms with Gasteiger partial charge in [-0.1, -0.05) is 22.0 Å². The molecule has 1 N–H and O–H groups in total. The zero-order valence-electron chi connectivity index (χ0n) is 15.9. The molecule has 0 radical (unpaired) electrons. The number of hydrogen-bond donors (Lipinski definition) is 1. The van der Waals surface area contributed by atoms with Gasteiger partial charge < -0.3 is 14.6 Å². The van der Waals surface area contributed by atoms with Crippen LogP contribution in [0.15, 0.2) is 34.9 Å². The first kappa shape index (κ1) is 18.3. The van der Waals surface area contributed by atoms with Crippen molar-refractivity contribution >= 4 is 43.8 Å². The lowest BCUT2D eigenvalue weighted by atomic mass is 9.93. The highest BCUT2D eigenvalue weighted by Crippen LogP contribution is 2.33. The lowest BCUT2D eigenvalue weighted by Gasteiger charge is -2.33. The molecule has 1 aromatic carbocycles. The molecule has 1 amide bonds. The van der Waals surface area contributed by atoms with Gasteiger partial charge >= 0.3 is 6.09 Å². The monoisotopic (exact) mass is 429 g/mol. The average Bonchev–Trinajstić information content (AvgIpc) is 3.05. The van der Waals surface area contributed by atoms with Gasteiger partial charge in [-0.2, -0.15) is 0 Å². The van der Waals surface area contributed by atoms with Crippen LogP contribution in [0.5, 0.6) is 0 Å². The van der Waals surface area contributed by atoms with Crippen LogP contribution in [-0.4, -0.2) is 39.7 Å². The standard InChI is InChI=1S/C21H24BrN3O2/c1-21(2,3)27-20(26)25-8-6-13(7-9-25)18-11-17-16-10-15(22)5-4-14(16)12-23-19(17)24-18/h4-5,10-13H,6-9H2,1-3H3,(H,23,24). The number of aromatic amines is 1. The van der Waals surface area contributed by atoms with E-state index in [2.05, 4.69) is 44.1 Å². The highest BCUT2D eigenvalue weighted by atomic mass is 79.9. The van der Waals surface area contributed by atoms with Gasteiger partial charge in [0.15, 0.2) is 0 Å². The summed E-state index contributed by atoms with van der Waals surface area (Å²) in [7, 11) is 0. The summed E-state index contributed by atoms with van der Waals surface area (Å²) in [6.07, 6.45) is 3.55. The molecule has 4 rings (SSSR count). The summed E-state index contributed by atoms with van der Waals surface area (Å²) in [4.78, 5) is 22.2. The second-order valence-corrected chi connectivity index (χ2v) is 9.13. The van der Waals surface area contributed by atoms with E-state index in [1.165, 1.54) is 11.1 Å². The average molecular weight is 430 g/mol. The van der Waals surface area contributed by atoms with E-state index in [-0.39, 0.29) is 6.09 Å². The van der Waals surface area contributed by atoms with Crippen LogP contribution >= 0.6 is 15.9 Å². The van der Waals surface area contributed by atoms with E-state index in [0.717, 1.165) is 33.7 Å². The number of nitrogens with one attached hydrogen (secondary N) is 1. The third-order valence-corrected chi connectivity index (χ3v) is 5.54. The summed E-state index contributed by atoms with van der Waals surface area (Å²) >= 11 is 3.56. The van der Waals surface area contributed by atoms with Crippen LogP contribution in [0, 0.1) is 0 Å². The summed E-state index contributed by atoms with van der Waals surface area (Å²) in [6.45, 7) is 7.14. The number of H-pyrrole nitrogens is 1. The molecule has 1 aliphatic rings. The maximum absolute atomic E-state index is 12.3. The molecule has 6 heteroatoms. The van der Waals surface area contributed by atoms with E-state index in [4.69, 9.17) is 4.74 Å². The van der Waals surface area contributed by atoms with Crippen LogP contribution in [0.3, 0.4) is 0 Å². The van der Waals surface area contributed by atoms with Crippen LogP contribution in [0.1, 0.15) is 45.2 Å². The highest BCUT2D eigenvalue weighted by molar-refractivity contribution is 9.10. The van der Waals surface area contributed by atoms with Gasteiger partial charge in [0, 0.05) is 46.1 Å². The van der Waals surface area contributed by atoms with E-state index in [0.29, 0.717) is 19.0 Å². The molecule has 2 aromatic heterocycles. The number of carbonyl (C=O) groups is 1. The summed E-state index contributed by atoms with van der Waals surface area (Å²) in [5.41, 5.74) is 1.67. The van der Waals surface area contributed by atoms with Crippen molar-refractivity contribution in [1.82, 2.24) is 14.9 Å². The number of fused-ring (bicyclic) bond motifs is 3. The Labute approximate surface area is 167 Å². The Morgan fingerprint density at radius 3 is 2.67 bits per heavy atom. The van der Waals surface area contributed by atoms with E-state index >= 15 is 0 Å². The molecule has 5 nitrogen and oxygen atoms in total. The number of nitrogens with zero attached hydrogens (tertiary/aromatic N) is 2. The quantitative estimate of drug-likeness (QED) is 0.547. The third kappa shape index (κ3) is 3.81. The molecule has 142 valence electrons. The summed E-state index contributed by atoms with van der Waals surface area (Å²) < 4.78 is 6.56. The summed E-state index contributed by atoms with van der Waals surface area (Å²) in [6, 6.07) is 8.49. The predicted octanol–water partition coefficient (Wildman–Crippen LogP) is 5.59. The Hall–Kier alpha value is -2.08. The van der Waals surface area contributed by atoms with Crippen molar-refractivity contribution in [2.75, 3.05) is 13.1 Å². The third-order valence-electron chi connectivity index (χ3n) is 5.04. The van der Waals surface area contributed by atoms with Gasteiger partial charge in [0.2, 0.25) is 0 Å². The van der Waals surface area contributed by atoms with Crippen LogP contribution in [0.2, 0.25) is 0 Å². The second kappa shape index (κ2) is 6.82. The molecule has 0 bridgehead atoms. The molecule has 0 atom stereocenters. The number of benzene rings is 1. The Kier molecular flexibility index (Phi) is 4.62. The number of halogens is 1. The second-order valence-electron chi connectivity index (χ2n) is 8.22. The first-order valence-corrected chi connectivity index (χ1v) is 10.1. The smallest absolute Gasteiger partial charge is 0.410 e. The molecule has 0 spiro atoms. The van der Waals surface area contributed by atoms with Crippen molar-refractivity contribution in [2.24, 2.45) is 0 Å². The number of carbonyl (C=O) groups excluding carboxylic acids is 1. The van der Waals surface area contributed by atoms with Crippen molar-refractivity contribution in [3.05, 3.63) is 40.6 Å². The number of aromatic nitrogens is 2. The van der Waals surface area contributed by atoms with Crippen molar-refractivity contribution in [2.45, 2.75) is 45.1 Å². The summed E-state index contributed by atoms with van der Waals surface area (Å²) in [5, 5.41) is 3.48. The molecule has 1 saturated heterocycles. The van der Waals surface area contributed by atoms with Crippen LogP contribution in [0.4, 0.5) is 4.79 Å². The van der Waals surface area contributed by atoms with E-state index < -0.39 is 5.60 Å². The number of piperidine rings is 1. The van der Waals surface area contributed by atoms with Crippen LogP contribution in [0.25, 0.3) is 21.8 Å². The Bertz CT molecular complexity index is 998. The number of pyridine rings is 1. The lowest BCUT2D eigenvalue weighted by Crippen LogP contribution is -2.41. The minimum atomic E-state index is -0.452.